The van der Waals surface area contributed by atoms with Gasteiger partial charge in [0.15, 0.2) is 0 Å². The van der Waals surface area contributed by atoms with Crippen LogP contribution in [-0.2, 0) is 28.9 Å². The number of aryl methyl sites for hydroxylation is 1. The largest absolute Gasteiger partial charge is 0.332 e. The Bertz CT molecular complexity index is 1460. The van der Waals surface area contributed by atoms with Gasteiger partial charge in [-0.3, -0.25) is 18.7 Å². The van der Waals surface area contributed by atoms with Crippen LogP contribution in [0.1, 0.15) is 12.8 Å². The molecule has 1 N–H and O–H groups in total. The van der Waals surface area contributed by atoms with Crippen molar-refractivity contribution in [1.82, 2.24) is 18.4 Å². The van der Waals surface area contributed by atoms with Crippen molar-refractivity contribution in [2.75, 3.05) is 18.4 Å². The van der Waals surface area contributed by atoms with E-state index >= 15 is 0 Å². The lowest BCUT2D eigenvalue weighted by atomic mass is 9.99. The topological polar surface area (TPSA) is 123 Å². The van der Waals surface area contributed by atoms with Crippen molar-refractivity contribution in [1.29, 1.82) is 0 Å². The highest BCUT2D eigenvalue weighted by atomic mass is 35.5. The molecule has 0 spiro atoms. The summed E-state index contributed by atoms with van der Waals surface area (Å²) in [6, 6.07) is 7.36. The maximum absolute atomic E-state index is 13.0. The summed E-state index contributed by atoms with van der Waals surface area (Å²) < 4.78 is 29.5. The number of hydrogen-bond acceptors (Lipinski definition) is 6. The van der Waals surface area contributed by atoms with Crippen molar-refractivity contribution in [2.45, 2.75) is 17.7 Å². The molecule has 1 fully saturated rings. The number of benzene rings is 1. The zero-order valence-corrected chi connectivity index (χ0v) is 19.6. The minimum absolute atomic E-state index is 0.0358. The smallest absolute Gasteiger partial charge is 0.324 e. The summed E-state index contributed by atoms with van der Waals surface area (Å²) in [5.41, 5.74) is -0.518. The van der Waals surface area contributed by atoms with Gasteiger partial charge < -0.3 is 5.32 Å². The second-order valence-corrected chi connectivity index (χ2v) is 10.3. The molecule has 12 heteroatoms. The number of rotatable bonds is 4. The van der Waals surface area contributed by atoms with Gasteiger partial charge in [0, 0.05) is 32.2 Å². The van der Waals surface area contributed by atoms with Gasteiger partial charge in [-0.15, -0.1) is 0 Å². The van der Waals surface area contributed by atoms with Crippen LogP contribution in [0.25, 0.3) is 11.0 Å². The molecule has 1 aliphatic heterocycles. The highest BCUT2D eigenvalue weighted by molar-refractivity contribution is 7.89. The number of piperidine rings is 1. The van der Waals surface area contributed by atoms with E-state index in [1.807, 2.05) is 0 Å². The van der Waals surface area contributed by atoms with Crippen LogP contribution in [0.5, 0.6) is 0 Å². The van der Waals surface area contributed by atoms with E-state index in [0.717, 1.165) is 4.57 Å². The minimum Gasteiger partial charge on any atom is -0.324 e. The monoisotopic (exact) mass is 491 g/mol. The van der Waals surface area contributed by atoms with Gasteiger partial charge in [-0.2, -0.15) is 4.31 Å². The van der Waals surface area contributed by atoms with Crippen molar-refractivity contribution < 1.29 is 13.2 Å². The number of amides is 1. The van der Waals surface area contributed by atoms with Gasteiger partial charge in [0.05, 0.1) is 28.1 Å². The molecule has 0 bridgehead atoms. The fourth-order valence-electron chi connectivity index (χ4n) is 3.91. The van der Waals surface area contributed by atoms with Crippen molar-refractivity contribution in [3.63, 3.8) is 0 Å². The molecule has 1 aromatic carbocycles. The van der Waals surface area contributed by atoms with E-state index in [1.165, 1.54) is 59.5 Å². The van der Waals surface area contributed by atoms with Gasteiger partial charge in [-0.25, -0.2) is 18.2 Å². The number of anilines is 1. The van der Waals surface area contributed by atoms with E-state index in [9.17, 15) is 22.8 Å². The number of hydrogen-bond donors (Lipinski definition) is 1. The number of halogens is 1. The molecule has 33 heavy (non-hydrogen) atoms. The summed E-state index contributed by atoms with van der Waals surface area (Å²) in [5.74, 6) is -0.937. The Morgan fingerprint density at radius 3 is 2.55 bits per heavy atom. The molecule has 0 saturated carbocycles. The van der Waals surface area contributed by atoms with Gasteiger partial charge >= 0.3 is 5.69 Å². The summed E-state index contributed by atoms with van der Waals surface area (Å²) in [7, 11) is -0.885. The maximum Gasteiger partial charge on any atom is 0.332 e. The zero-order valence-electron chi connectivity index (χ0n) is 18.0. The lowest BCUT2D eigenvalue weighted by Crippen LogP contribution is -2.43. The Hall–Kier alpha value is -3.02. The molecule has 2 aromatic heterocycles. The SMILES string of the molecule is Cn1c(=O)c2cc(NC(=O)C3CCCN(S(=O)(=O)c4ccc(Cl)cc4)C3)cnc2n(C)c1=O. The van der Waals surface area contributed by atoms with Crippen LogP contribution in [0.2, 0.25) is 5.02 Å². The molecule has 1 unspecified atom stereocenters. The number of aromatic nitrogens is 3. The third-order valence-corrected chi connectivity index (χ3v) is 7.90. The molecule has 1 atom stereocenters. The van der Waals surface area contributed by atoms with Gasteiger partial charge in [-0.1, -0.05) is 11.6 Å². The summed E-state index contributed by atoms with van der Waals surface area (Å²) in [5, 5.41) is 3.35. The number of sulfonamides is 1. The van der Waals surface area contributed by atoms with E-state index in [-0.39, 0.29) is 28.4 Å². The average Bonchev–Trinajstić information content (AvgIpc) is 2.81. The van der Waals surface area contributed by atoms with Crippen LogP contribution >= 0.6 is 11.6 Å². The van der Waals surface area contributed by atoms with E-state index < -0.39 is 27.2 Å². The summed E-state index contributed by atoms with van der Waals surface area (Å²) in [6.07, 6.45) is 2.42. The van der Waals surface area contributed by atoms with Crippen molar-refractivity contribution >= 4 is 44.3 Å². The van der Waals surface area contributed by atoms with E-state index in [4.69, 9.17) is 11.6 Å². The molecule has 1 saturated heterocycles. The highest BCUT2D eigenvalue weighted by Gasteiger charge is 2.33. The van der Waals surface area contributed by atoms with Crippen LogP contribution in [0, 0.1) is 5.92 Å². The lowest BCUT2D eigenvalue weighted by Gasteiger charge is -2.31. The Labute approximate surface area is 194 Å². The van der Waals surface area contributed by atoms with Gasteiger partial charge in [0.2, 0.25) is 15.9 Å². The van der Waals surface area contributed by atoms with Crippen molar-refractivity contribution in [2.24, 2.45) is 20.0 Å². The normalized spacial score (nSPS) is 17.2. The highest BCUT2D eigenvalue weighted by Crippen LogP contribution is 2.26. The predicted molar refractivity (Wildman–Crippen MR) is 124 cm³/mol. The fraction of sp³-hybridized carbons (Fsp3) is 0.333. The number of carbonyl (C=O) groups is 1. The zero-order chi connectivity index (χ0) is 23.9. The Balaban J connectivity index is 1.55. The molecule has 174 valence electrons. The molecule has 3 heterocycles. The van der Waals surface area contributed by atoms with Gasteiger partial charge in [0.1, 0.15) is 5.65 Å². The Morgan fingerprint density at radius 2 is 1.85 bits per heavy atom. The second-order valence-electron chi connectivity index (χ2n) is 7.95. The molecular formula is C21H22ClN5O5S. The standard InChI is InChI=1S/C21H22ClN5O5S/c1-25-18-17(20(29)26(2)21(25)30)10-15(11-23-18)24-19(28)13-4-3-9-27(12-13)33(31,32)16-7-5-14(22)6-8-16/h5-8,10-11,13H,3-4,9,12H2,1-2H3,(H,24,28). The summed E-state index contributed by atoms with van der Waals surface area (Å²) in [4.78, 5) is 41.7. The van der Waals surface area contributed by atoms with Gasteiger partial charge in [-0.05, 0) is 43.2 Å². The number of nitrogens with one attached hydrogen (secondary N) is 1. The molecule has 1 amide bonds. The number of pyridine rings is 1. The lowest BCUT2D eigenvalue weighted by molar-refractivity contribution is -0.120. The molecular weight excluding hydrogens is 470 g/mol. The molecule has 0 radical (unpaired) electrons. The number of nitrogens with zero attached hydrogens (tertiary/aromatic N) is 4. The van der Waals surface area contributed by atoms with Crippen molar-refractivity contribution in [3.8, 4) is 0 Å². The number of fused-ring (bicyclic) bond motifs is 1. The van der Waals surface area contributed by atoms with E-state index in [0.29, 0.717) is 30.1 Å². The first-order valence-electron chi connectivity index (χ1n) is 10.2. The molecule has 10 nitrogen and oxygen atoms in total. The summed E-state index contributed by atoms with van der Waals surface area (Å²) >= 11 is 5.86. The molecule has 3 aromatic rings. The van der Waals surface area contributed by atoms with Gasteiger partial charge in [0.25, 0.3) is 5.56 Å². The predicted octanol–water partition coefficient (Wildman–Crippen LogP) is 1.32. The van der Waals surface area contributed by atoms with Crippen LogP contribution in [0.4, 0.5) is 5.69 Å². The van der Waals surface area contributed by atoms with Crippen molar-refractivity contribution in [3.05, 3.63) is 62.4 Å². The first-order valence-corrected chi connectivity index (χ1v) is 12.0. The van der Waals surface area contributed by atoms with E-state index in [1.54, 1.807) is 0 Å². The number of carbonyl (C=O) groups excluding carboxylic acids is 1. The molecule has 1 aliphatic rings. The van der Waals surface area contributed by atoms with Crippen LogP contribution in [0.3, 0.4) is 0 Å². The fourth-order valence-corrected chi connectivity index (χ4v) is 5.56. The first-order chi connectivity index (χ1) is 15.6. The van der Waals surface area contributed by atoms with Crippen LogP contribution in [0.15, 0.2) is 51.0 Å². The minimum atomic E-state index is -3.76. The first kappa shape index (κ1) is 23.1. The molecule has 4 rings (SSSR count). The second kappa shape index (κ2) is 8.73. The average molecular weight is 492 g/mol. The molecule has 0 aliphatic carbocycles. The van der Waals surface area contributed by atoms with Crippen LogP contribution < -0.4 is 16.6 Å². The quantitative estimate of drug-likeness (QED) is 0.587. The summed E-state index contributed by atoms with van der Waals surface area (Å²) in [6.45, 7) is 0.352. The van der Waals surface area contributed by atoms with E-state index in [2.05, 4.69) is 10.3 Å². The van der Waals surface area contributed by atoms with Crippen LogP contribution in [-0.4, -0.2) is 45.8 Å². The third kappa shape index (κ3) is 4.31. The Morgan fingerprint density at radius 1 is 1.15 bits per heavy atom. The Kier molecular flexibility index (Phi) is 6.12. The maximum atomic E-state index is 13.0. The third-order valence-electron chi connectivity index (χ3n) is 5.77.